The zero-order valence-electron chi connectivity index (χ0n) is 13.5. The number of halogens is 1. The van der Waals surface area contributed by atoms with E-state index in [-0.39, 0.29) is 6.03 Å². The molecule has 2 N–H and O–H groups in total. The van der Waals surface area contributed by atoms with E-state index in [1.165, 1.54) is 0 Å². The van der Waals surface area contributed by atoms with Crippen molar-refractivity contribution in [1.82, 2.24) is 0 Å². The normalized spacial score (nSPS) is 16.9. The van der Waals surface area contributed by atoms with E-state index in [0.29, 0.717) is 16.8 Å². The molecule has 1 aliphatic heterocycles. The van der Waals surface area contributed by atoms with Crippen molar-refractivity contribution in [3.63, 3.8) is 0 Å². The van der Waals surface area contributed by atoms with Crippen molar-refractivity contribution < 1.29 is 9.53 Å². The van der Waals surface area contributed by atoms with Crippen molar-refractivity contribution in [3.8, 4) is 0 Å². The summed E-state index contributed by atoms with van der Waals surface area (Å²) < 4.78 is 5.39. The van der Waals surface area contributed by atoms with E-state index in [2.05, 4.69) is 15.5 Å². The van der Waals surface area contributed by atoms with Crippen LogP contribution in [0.3, 0.4) is 0 Å². The van der Waals surface area contributed by atoms with Gasteiger partial charge in [-0.15, -0.1) is 0 Å². The van der Waals surface area contributed by atoms with Gasteiger partial charge >= 0.3 is 6.03 Å². The molecule has 0 saturated carbocycles. The van der Waals surface area contributed by atoms with Gasteiger partial charge in [0, 0.05) is 31.6 Å². The standard InChI is InChI=1S/C18H20ClN3O2/c1-24-15-10-11-22(12-15)14-8-6-13(7-9-14)20-18(23)21-17-5-3-2-4-16(17)19/h2-9,15H,10-12H2,1H3,(H2,20,21,23). The molecule has 2 aromatic carbocycles. The van der Waals surface area contributed by atoms with Crippen LogP contribution in [0.1, 0.15) is 6.42 Å². The lowest BCUT2D eigenvalue weighted by Gasteiger charge is -2.18. The molecular weight excluding hydrogens is 326 g/mol. The Morgan fingerprint density at radius 1 is 1.17 bits per heavy atom. The Labute approximate surface area is 146 Å². The number of anilines is 3. The molecule has 24 heavy (non-hydrogen) atoms. The van der Waals surface area contributed by atoms with Crippen LogP contribution >= 0.6 is 11.6 Å². The Bertz CT molecular complexity index is 706. The molecule has 1 atom stereocenters. The third-order valence-electron chi connectivity index (χ3n) is 4.09. The summed E-state index contributed by atoms with van der Waals surface area (Å²) in [6.45, 7) is 1.88. The number of urea groups is 1. The number of methoxy groups -OCH3 is 1. The number of benzene rings is 2. The van der Waals surface area contributed by atoms with Crippen molar-refractivity contribution in [2.75, 3.05) is 35.7 Å². The first-order valence-electron chi connectivity index (χ1n) is 7.86. The number of nitrogens with one attached hydrogen (secondary N) is 2. The molecule has 5 nitrogen and oxygen atoms in total. The Hall–Kier alpha value is -2.24. The SMILES string of the molecule is COC1CCN(c2ccc(NC(=O)Nc3ccccc3Cl)cc2)C1. The maximum Gasteiger partial charge on any atom is 0.323 e. The first-order valence-corrected chi connectivity index (χ1v) is 8.24. The van der Waals surface area contributed by atoms with Crippen LogP contribution < -0.4 is 15.5 Å². The van der Waals surface area contributed by atoms with Gasteiger partial charge in [0.25, 0.3) is 0 Å². The average molecular weight is 346 g/mol. The highest BCUT2D eigenvalue weighted by Gasteiger charge is 2.22. The second kappa shape index (κ2) is 7.55. The molecule has 1 saturated heterocycles. The third kappa shape index (κ3) is 3.99. The quantitative estimate of drug-likeness (QED) is 0.872. The summed E-state index contributed by atoms with van der Waals surface area (Å²) >= 11 is 6.03. The third-order valence-corrected chi connectivity index (χ3v) is 4.42. The summed E-state index contributed by atoms with van der Waals surface area (Å²) in [7, 11) is 1.75. The van der Waals surface area contributed by atoms with Crippen LogP contribution in [0.4, 0.5) is 21.9 Å². The number of carbonyl (C=O) groups is 1. The minimum Gasteiger partial charge on any atom is -0.380 e. The lowest BCUT2D eigenvalue weighted by molar-refractivity contribution is 0.121. The molecule has 0 bridgehead atoms. The number of hydrogen-bond acceptors (Lipinski definition) is 3. The van der Waals surface area contributed by atoms with E-state index in [1.807, 2.05) is 36.4 Å². The van der Waals surface area contributed by atoms with Crippen LogP contribution in [-0.2, 0) is 4.74 Å². The fourth-order valence-corrected chi connectivity index (χ4v) is 2.94. The van der Waals surface area contributed by atoms with E-state index in [4.69, 9.17) is 16.3 Å². The minimum atomic E-state index is -0.323. The second-order valence-electron chi connectivity index (χ2n) is 5.70. The lowest BCUT2D eigenvalue weighted by atomic mass is 10.2. The molecular formula is C18H20ClN3O2. The highest BCUT2D eigenvalue weighted by Crippen LogP contribution is 2.24. The molecule has 1 unspecified atom stereocenters. The van der Waals surface area contributed by atoms with Crippen molar-refractivity contribution in [3.05, 3.63) is 53.6 Å². The smallest absolute Gasteiger partial charge is 0.323 e. The maximum atomic E-state index is 12.0. The number of ether oxygens (including phenoxy) is 1. The van der Waals surface area contributed by atoms with E-state index < -0.39 is 0 Å². The summed E-state index contributed by atoms with van der Waals surface area (Å²) in [5.74, 6) is 0. The van der Waals surface area contributed by atoms with Crippen molar-refractivity contribution in [2.24, 2.45) is 0 Å². The van der Waals surface area contributed by atoms with Crippen molar-refractivity contribution in [1.29, 1.82) is 0 Å². The fraction of sp³-hybridized carbons (Fsp3) is 0.278. The largest absolute Gasteiger partial charge is 0.380 e. The van der Waals surface area contributed by atoms with Gasteiger partial charge in [-0.25, -0.2) is 4.79 Å². The molecule has 2 aromatic rings. The molecule has 1 heterocycles. The molecule has 3 rings (SSSR count). The van der Waals surface area contributed by atoms with Gasteiger partial charge < -0.3 is 20.3 Å². The van der Waals surface area contributed by atoms with Crippen LogP contribution in [0.5, 0.6) is 0 Å². The second-order valence-corrected chi connectivity index (χ2v) is 6.11. The number of rotatable bonds is 4. The summed E-state index contributed by atoms with van der Waals surface area (Å²) in [6.07, 6.45) is 1.33. The van der Waals surface area contributed by atoms with Crippen LogP contribution in [0.2, 0.25) is 5.02 Å². The molecule has 0 spiro atoms. The summed E-state index contributed by atoms with van der Waals surface area (Å²) in [5.41, 5.74) is 2.44. The van der Waals surface area contributed by atoms with Gasteiger partial charge in [0.1, 0.15) is 0 Å². The highest BCUT2D eigenvalue weighted by atomic mass is 35.5. The van der Waals surface area contributed by atoms with Gasteiger partial charge in [0.2, 0.25) is 0 Å². The topological polar surface area (TPSA) is 53.6 Å². The van der Waals surface area contributed by atoms with Gasteiger partial charge in [0.15, 0.2) is 0 Å². The first-order chi connectivity index (χ1) is 11.7. The molecule has 0 aliphatic carbocycles. The van der Waals surface area contributed by atoms with Crippen LogP contribution in [0, 0.1) is 0 Å². The summed E-state index contributed by atoms with van der Waals surface area (Å²) in [4.78, 5) is 14.3. The van der Waals surface area contributed by atoms with E-state index in [0.717, 1.165) is 30.9 Å². The predicted molar refractivity (Wildman–Crippen MR) is 98.2 cm³/mol. The van der Waals surface area contributed by atoms with E-state index in [9.17, 15) is 4.79 Å². The molecule has 2 amide bonds. The zero-order chi connectivity index (χ0) is 16.9. The van der Waals surface area contributed by atoms with Gasteiger partial charge in [0.05, 0.1) is 16.8 Å². The molecule has 1 fully saturated rings. The van der Waals surface area contributed by atoms with E-state index in [1.54, 1.807) is 19.2 Å². The van der Waals surface area contributed by atoms with Crippen LogP contribution in [0.15, 0.2) is 48.5 Å². The number of carbonyl (C=O) groups excluding carboxylic acids is 1. The molecule has 0 radical (unpaired) electrons. The summed E-state index contributed by atoms with van der Waals surface area (Å²) in [5, 5.41) is 6.04. The van der Waals surface area contributed by atoms with Crippen LogP contribution in [0.25, 0.3) is 0 Å². The van der Waals surface area contributed by atoms with E-state index >= 15 is 0 Å². The van der Waals surface area contributed by atoms with Gasteiger partial charge in [-0.05, 0) is 42.8 Å². The molecule has 1 aliphatic rings. The summed E-state index contributed by atoms with van der Waals surface area (Å²) in [6, 6.07) is 14.6. The van der Waals surface area contributed by atoms with Crippen molar-refractivity contribution >= 4 is 34.7 Å². The molecule has 0 aromatic heterocycles. The average Bonchev–Trinajstić information content (AvgIpc) is 3.07. The molecule has 6 heteroatoms. The monoisotopic (exact) mass is 345 g/mol. The van der Waals surface area contributed by atoms with Crippen LogP contribution in [-0.4, -0.2) is 32.3 Å². The van der Waals surface area contributed by atoms with Crippen molar-refractivity contribution in [2.45, 2.75) is 12.5 Å². The highest BCUT2D eigenvalue weighted by molar-refractivity contribution is 6.33. The number of amides is 2. The number of para-hydroxylation sites is 1. The Morgan fingerprint density at radius 3 is 2.58 bits per heavy atom. The number of nitrogens with zero attached hydrogens (tertiary/aromatic N) is 1. The maximum absolute atomic E-state index is 12.0. The number of hydrogen-bond donors (Lipinski definition) is 2. The Balaban J connectivity index is 1.58. The molecule has 126 valence electrons. The predicted octanol–water partition coefficient (Wildman–Crippen LogP) is 4.21. The zero-order valence-corrected chi connectivity index (χ0v) is 14.2. The fourth-order valence-electron chi connectivity index (χ4n) is 2.76. The minimum absolute atomic E-state index is 0.296. The van der Waals surface area contributed by atoms with Gasteiger partial charge in [-0.1, -0.05) is 23.7 Å². The Morgan fingerprint density at radius 2 is 1.92 bits per heavy atom. The van der Waals surface area contributed by atoms with Gasteiger partial charge in [-0.3, -0.25) is 0 Å². The lowest BCUT2D eigenvalue weighted by Crippen LogP contribution is -2.22. The van der Waals surface area contributed by atoms with Gasteiger partial charge in [-0.2, -0.15) is 0 Å². The Kier molecular flexibility index (Phi) is 5.23. The first kappa shape index (κ1) is 16.6.